The second kappa shape index (κ2) is 6.90. The van der Waals surface area contributed by atoms with E-state index in [9.17, 15) is 4.79 Å². The van der Waals surface area contributed by atoms with Crippen molar-refractivity contribution in [1.82, 2.24) is 9.97 Å². The molecule has 2 aromatic carbocycles. The van der Waals surface area contributed by atoms with Crippen LogP contribution in [0.15, 0.2) is 83.5 Å². The minimum Gasteiger partial charge on any atom is -0.451 e. The van der Waals surface area contributed by atoms with Gasteiger partial charge in [0, 0.05) is 17.8 Å². The maximum Gasteiger partial charge on any atom is 0.296 e. The topological polar surface area (TPSA) is 59.2 Å². The number of pyridine rings is 1. The van der Waals surface area contributed by atoms with Gasteiger partial charge in [-0.15, -0.1) is 0 Å². The van der Waals surface area contributed by atoms with Crippen LogP contribution in [0, 0.1) is 0 Å². The third-order valence-electron chi connectivity index (χ3n) is 4.46. The zero-order chi connectivity index (χ0) is 18.9. The van der Waals surface area contributed by atoms with Crippen molar-refractivity contribution in [3.8, 4) is 0 Å². The average molecular weight is 385 g/mol. The second-order valence-corrected chi connectivity index (χ2v) is 7.37. The second-order valence-electron chi connectivity index (χ2n) is 6.37. The molecule has 136 valence electrons. The van der Waals surface area contributed by atoms with Gasteiger partial charge in [0.05, 0.1) is 16.8 Å². The van der Waals surface area contributed by atoms with Crippen molar-refractivity contribution in [2.24, 2.45) is 0 Å². The molecular weight excluding hydrogens is 370 g/mol. The van der Waals surface area contributed by atoms with Crippen molar-refractivity contribution in [2.45, 2.75) is 6.54 Å². The van der Waals surface area contributed by atoms with Crippen LogP contribution in [0.3, 0.4) is 0 Å². The Labute approximate surface area is 164 Å². The number of fused-ring (bicyclic) bond motifs is 2. The van der Waals surface area contributed by atoms with Crippen molar-refractivity contribution >= 4 is 43.6 Å². The lowest BCUT2D eigenvalue weighted by Gasteiger charge is -2.18. The number of hydrogen-bond acceptors (Lipinski definition) is 5. The van der Waals surface area contributed by atoms with Gasteiger partial charge in [0.2, 0.25) is 0 Å². The predicted octanol–water partition coefficient (Wildman–Crippen LogP) is 5.28. The third kappa shape index (κ3) is 3.04. The Morgan fingerprint density at radius 3 is 2.71 bits per heavy atom. The molecule has 28 heavy (non-hydrogen) atoms. The highest BCUT2D eigenvalue weighted by molar-refractivity contribution is 7.22. The molecule has 5 nitrogen and oxygen atoms in total. The Morgan fingerprint density at radius 1 is 1.04 bits per heavy atom. The van der Waals surface area contributed by atoms with Gasteiger partial charge < -0.3 is 4.42 Å². The van der Waals surface area contributed by atoms with Gasteiger partial charge in [-0.3, -0.25) is 14.7 Å². The van der Waals surface area contributed by atoms with E-state index in [4.69, 9.17) is 4.42 Å². The molecule has 0 unspecified atom stereocenters. The van der Waals surface area contributed by atoms with E-state index in [0.29, 0.717) is 23.0 Å². The number of rotatable bonds is 4. The molecule has 0 atom stereocenters. The zero-order valence-corrected chi connectivity index (χ0v) is 15.6. The van der Waals surface area contributed by atoms with Gasteiger partial charge in [-0.1, -0.05) is 47.7 Å². The van der Waals surface area contributed by atoms with Crippen LogP contribution in [0.5, 0.6) is 0 Å². The molecule has 0 aliphatic heterocycles. The molecule has 0 bridgehead atoms. The van der Waals surface area contributed by atoms with E-state index in [-0.39, 0.29) is 5.91 Å². The van der Waals surface area contributed by atoms with Crippen LogP contribution < -0.4 is 4.90 Å². The number of furan rings is 1. The monoisotopic (exact) mass is 385 g/mol. The van der Waals surface area contributed by atoms with Crippen molar-refractivity contribution in [1.29, 1.82) is 0 Å². The summed E-state index contributed by atoms with van der Waals surface area (Å²) in [5.74, 6) is 0.0726. The van der Waals surface area contributed by atoms with Crippen LogP contribution in [0.2, 0.25) is 0 Å². The Morgan fingerprint density at radius 2 is 1.89 bits per heavy atom. The summed E-state index contributed by atoms with van der Waals surface area (Å²) in [5, 5.41) is 1.53. The predicted molar refractivity (Wildman–Crippen MR) is 111 cm³/mol. The van der Waals surface area contributed by atoms with E-state index < -0.39 is 0 Å². The first-order chi connectivity index (χ1) is 13.8. The highest BCUT2D eigenvalue weighted by Gasteiger charge is 2.24. The zero-order valence-electron chi connectivity index (χ0n) is 14.8. The van der Waals surface area contributed by atoms with E-state index in [1.807, 2.05) is 60.7 Å². The fraction of sp³-hybridized carbons (Fsp3) is 0.0455. The Kier molecular flexibility index (Phi) is 4.10. The molecule has 0 aliphatic rings. The Hall–Kier alpha value is -3.51. The van der Waals surface area contributed by atoms with Crippen molar-refractivity contribution < 1.29 is 9.21 Å². The summed E-state index contributed by atoms with van der Waals surface area (Å²) in [6.07, 6.45) is 3.47. The maximum absolute atomic E-state index is 13.4. The van der Waals surface area contributed by atoms with E-state index in [0.717, 1.165) is 21.2 Å². The highest BCUT2D eigenvalue weighted by Crippen LogP contribution is 2.31. The van der Waals surface area contributed by atoms with Crippen molar-refractivity contribution in [3.63, 3.8) is 0 Å². The molecule has 0 saturated heterocycles. The molecule has 0 radical (unpaired) electrons. The van der Waals surface area contributed by atoms with E-state index in [2.05, 4.69) is 9.97 Å². The van der Waals surface area contributed by atoms with E-state index in [1.165, 1.54) is 11.3 Å². The number of carbonyl (C=O) groups is 1. The van der Waals surface area contributed by atoms with Crippen LogP contribution in [-0.4, -0.2) is 15.9 Å². The van der Waals surface area contributed by atoms with Crippen LogP contribution in [0.25, 0.3) is 21.2 Å². The van der Waals surface area contributed by atoms with Gasteiger partial charge in [-0.2, -0.15) is 0 Å². The van der Waals surface area contributed by atoms with Gasteiger partial charge in [-0.25, -0.2) is 4.98 Å². The first-order valence-corrected chi connectivity index (χ1v) is 9.64. The molecule has 0 N–H and O–H groups in total. The fourth-order valence-corrected chi connectivity index (χ4v) is 4.06. The molecule has 6 heteroatoms. The molecule has 0 aliphatic carbocycles. The van der Waals surface area contributed by atoms with Crippen LogP contribution in [-0.2, 0) is 6.54 Å². The first kappa shape index (κ1) is 16.6. The average Bonchev–Trinajstić information content (AvgIpc) is 3.36. The van der Waals surface area contributed by atoms with Gasteiger partial charge in [0.25, 0.3) is 5.91 Å². The number of anilines is 1. The number of nitrogens with zero attached hydrogens (tertiary/aromatic N) is 3. The molecule has 0 fully saturated rings. The highest BCUT2D eigenvalue weighted by atomic mass is 32.1. The number of hydrogen-bond donors (Lipinski definition) is 0. The van der Waals surface area contributed by atoms with E-state index in [1.54, 1.807) is 23.4 Å². The van der Waals surface area contributed by atoms with Gasteiger partial charge in [0.15, 0.2) is 10.9 Å². The van der Waals surface area contributed by atoms with Crippen molar-refractivity contribution in [3.05, 3.63) is 90.4 Å². The summed E-state index contributed by atoms with van der Waals surface area (Å²) in [5.41, 5.74) is 2.48. The Bertz CT molecular complexity index is 1210. The van der Waals surface area contributed by atoms with Gasteiger partial charge >= 0.3 is 0 Å². The number of thiazole rings is 1. The molecule has 1 amide bonds. The number of aromatic nitrogens is 2. The minimum atomic E-state index is -0.223. The third-order valence-corrected chi connectivity index (χ3v) is 5.52. The standard InChI is InChI=1S/C22H15N3O2S/c26-21(19-12-16-7-1-3-9-18(16)27-19)25(14-15-6-5-11-23-13-15)22-24-17-8-2-4-10-20(17)28-22/h1-13H,14H2. The van der Waals surface area contributed by atoms with Crippen LogP contribution >= 0.6 is 11.3 Å². The summed E-state index contributed by atoms with van der Waals surface area (Å²) in [6, 6.07) is 21.0. The number of benzene rings is 2. The lowest BCUT2D eigenvalue weighted by Crippen LogP contribution is -2.30. The molecule has 0 saturated carbocycles. The van der Waals surface area contributed by atoms with Crippen molar-refractivity contribution in [2.75, 3.05) is 4.90 Å². The number of amides is 1. The molecule has 0 spiro atoms. The quantitative estimate of drug-likeness (QED) is 0.422. The van der Waals surface area contributed by atoms with Gasteiger partial charge in [0.1, 0.15) is 5.58 Å². The SMILES string of the molecule is O=C(c1cc2ccccc2o1)N(Cc1cccnc1)c1nc2ccccc2s1. The van der Waals surface area contributed by atoms with Crippen LogP contribution in [0.1, 0.15) is 16.1 Å². The normalized spacial score (nSPS) is 11.1. The molecular formula is C22H15N3O2S. The lowest BCUT2D eigenvalue weighted by molar-refractivity contribution is 0.0960. The molecule has 3 heterocycles. The maximum atomic E-state index is 13.4. The molecule has 5 rings (SSSR count). The molecule has 3 aromatic heterocycles. The molecule has 5 aromatic rings. The van der Waals surface area contributed by atoms with Crippen LogP contribution in [0.4, 0.5) is 5.13 Å². The first-order valence-electron chi connectivity index (χ1n) is 8.83. The lowest BCUT2D eigenvalue weighted by atomic mass is 10.2. The summed E-state index contributed by atoms with van der Waals surface area (Å²) in [7, 11) is 0. The number of carbonyl (C=O) groups excluding carboxylic acids is 1. The number of para-hydroxylation sites is 2. The summed E-state index contributed by atoms with van der Waals surface area (Å²) in [4.78, 5) is 23.9. The minimum absolute atomic E-state index is 0.223. The summed E-state index contributed by atoms with van der Waals surface area (Å²) in [6.45, 7) is 0.365. The van der Waals surface area contributed by atoms with E-state index >= 15 is 0 Å². The fourth-order valence-electron chi connectivity index (χ4n) is 3.10. The summed E-state index contributed by atoms with van der Waals surface area (Å²) >= 11 is 1.49. The van der Waals surface area contributed by atoms with Gasteiger partial charge in [-0.05, 0) is 35.9 Å². The Balaban J connectivity index is 1.59. The largest absolute Gasteiger partial charge is 0.451 e. The smallest absolute Gasteiger partial charge is 0.296 e. The summed E-state index contributed by atoms with van der Waals surface area (Å²) < 4.78 is 6.85.